The summed E-state index contributed by atoms with van der Waals surface area (Å²) in [5, 5.41) is 6.03. The highest BCUT2D eigenvalue weighted by Crippen LogP contribution is 2.32. The van der Waals surface area contributed by atoms with Crippen molar-refractivity contribution < 1.29 is 14.3 Å². The normalized spacial score (nSPS) is 13.2. The first-order valence-corrected chi connectivity index (χ1v) is 7.70. The lowest BCUT2D eigenvalue weighted by Gasteiger charge is -2.19. The molecule has 0 radical (unpaired) electrons. The molecule has 0 bridgehead atoms. The lowest BCUT2D eigenvalue weighted by molar-refractivity contribution is -0.118. The molecule has 1 aliphatic rings. The summed E-state index contributed by atoms with van der Waals surface area (Å²) in [5.74, 6) is 0.191. The number of carbonyl (C=O) groups is 2. The van der Waals surface area contributed by atoms with Gasteiger partial charge >= 0.3 is 0 Å². The van der Waals surface area contributed by atoms with Crippen LogP contribution >= 0.6 is 11.3 Å². The Kier molecular flexibility index (Phi) is 4.06. The molecule has 1 aromatic carbocycles. The summed E-state index contributed by atoms with van der Waals surface area (Å²) in [6, 6.07) is 5.54. The Labute approximate surface area is 131 Å². The van der Waals surface area contributed by atoms with Crippen molar-refractivity contribution in [2.24, 2.45) is 0 Å². The second-order valence-corrected chi connectivity index (χ2v) is 6.19. The van der Waals surface area contributed by atoms with Crippen LogP contribution in [-0.4, -0.2) is 23.4 Å². The summed E-state index contributed by atoms with van der Waals surface area (Å²) < 4.78 is 5.54. The number of carbonyl (C=O) groups excluding carboxylic acids is 2. The van der Waals surface area contributed by atoms with Gasteiger partial charge in [0.15, 0.2) is 11.7 Å². The largest absolute Gasteiger partial charge is 0.482 e. The second kappa shape index (κ2) is 6.15. The molecule has 2 amide bonds. The SMILES string of the molecule is Cc1cnc(NC(=O)COc2cccc3c2NC(=O)CC3)s1. The molecule has 114 valence electrons. The van der Waals surface area contributed by atoms with Crippen molar-refractivity contribution in [3.8, 4) is 5.75 Å². The fourth-order valence-electron chi connectivity index (χ4n) is 2.21. The zero-order chi connectivity index (χ0) is 15.5. The first-order chi connectivity index (χ1) is 10.6. The summed E-state index contributed by atoms with van der Waals surface area (Å²) in [6.07, 6.45) is 2.85. The van der Waals surface area contributed by atoms with Crippen molar-refractivity contribution in [2.75, 3.05) is 17.2 Å². The number of thiazole rings is 1. The Morgan fingerprint density at radius 3 is 3.09 bits per heavy atom. The highest BCUT2D eigenvalue weighted by Gasteiger charge is 2.19. The smallest absolute Gasteiger partial charge is 0.264 e. The van der Waals surface area contributed by atoms with Crippen molar-refractivity contribution in [2.45, 2.75) is 19.8 Å². The van der Waals surface area contributed by atoms with Crippen molar-refractivity contribution in [3.63, 3.8) is 0 Å². The maximum Gasteiger partial charge on any atom is 0.264 e. The van der Waals surface area contributed by atoms with Gasteiger partial charge in [0.2, 0.25) is 5.91 Å². The predicted octanol–water partition coefficient (Wildman–Crippen LogP) is 2.35. The number of rotatable bonds is 4. The van der Waals surface area contributed by atoms with E-state index < -0.39 is 0 Å². The molecule has 2 N–H and O–H groups in total. The second-order valence-electron chi connectivity index (χ2n) is 4.95. The molecular weight excluding hydrogens is 302 g/mol. The number of benzene rings is 1. The van der Waals surface area contributed by atoms with Crippen molar-refractivity contribution in [1.29, 1.82) is 0 Å². The zero-order valence-corrected chi connectivity index (χ0v) is 12.8. The predicted molar refractivity (Wildman–Crippen MR) is 84.4 cm³/mol. The van der Waals surface area contributed by atoms with Gasteiger partial charge in [0, 0.05) is 17.5 Å². The van der Waals surface area contributed by atoms with E-state index in [4.69, 9.17) is 4.74 Å². The maximum atomic E-state index is 11.9. The van der Waals surface area contributed by atoms with Crippen LogP contribution in [0.4, 0.5) is 10.8 Å². The lowest BCUT2D eigenvalue weighted by Crippen LogP contribution is -2.23. The number of aromatic nitrogens is 1. The van der Waals surface area contributed by atoms with Gasteiger partial charge in [0.05, 0.1) is 5.69 Å². The Balaban J connectivity index is 1.64. The van der Waals surface area contributed by atoms with Crippen LogP contribution < -0.4 is 15.4 Å². The van der Waals surface area contributed by atoms with Gasteiger partial charge in [-0.3, -0.25) is 14.9 Å². The van der Waals surface area contributed by atoms with E-state index in [1.54, 1.807) is 12.3 Å². The van der Waals surface area contributed by atoms with Crippen LogP contribution in [0.25, 0.3) is 0 Å². The highest BCUT2D eigenvalue weighted by molar-refractivity contribution is 7.15. The molecule has 0 fully saturated rings. The number of nitrogens with one attached hydrogen (secondary N) is 2. The van der Waals surface area contributed by atoms with Crippen LogP contribution in [0, 0.1) is 6.92 Å². The van der Waals surface area contributed by atoms with Crippen LogP contribution in [0.1, 0.15) is 16.9 Å². The van der Waals surface area contributed by atoms with Gasteiger partial charge < -0.3 is 10.1 Å². The average molecular weight is 317 g/mol. The van der Waals surface area contributed by atoms with Gasteiger partial charge in [-0.05, 0) is 25.0 Å². The van der Waals surface area contributed by atoms with Crippen molar-refractivity contribution in [1.82, 2.24) is 4.98 Å². The van der Waals surface area contributed by atoms with Crippen LogP contribution in [0.3, 0.4) is 0 Å². The number of anilines is 2. The fraction of sp³-hybridized carbons (Fsp3) is 0.267. The molecule has 2 heterocycles. The van der Waals surface area contributed by atoms with Gasteiger partial charge in [-0.15, -0.1) is 11.3 Å². The highest BCUT2D eigenvalue weighted by atomic mass is 32.1. The van der Waals surface area contributed by atoms with Crippen LogP contribution in [0.2, 0.25) is 0 Å². The third-order valence-electron chi connectivity index (χ3n) is 3.22. The van der Waals surface area contributed by atoms with Crippen LogP contribution in [-0.2, 0) is 16.0 Å². The summed E-state index contributed by atoms with van der Waals surface area (Å²) in [7, 11) is 0. The van der Waals surface area contributed by atoms with E-state index >= 15 is 0 Å². The molecule has 0 saturated heterocycles. The number of nitrogens with zero attached hydrogens (tertiary/aromatic N) is 1. The van der Waals surface area contributed by atoms with Gasteiger partial charge in [0.1, 0.15) is 5.75 Å². The van der Waals surface area contributed by atoms with Crippen molar-refractivity contribution >= 4 is 34.0 Å². The van der Waals surface area contributed by atoms with E-state index in [0.29, 0.717) is 29.4 Å². The van der Waals surface area contributed by atoms with Gasteiger partial charge in [-0.25, -0.2) is 4.98 Å². The topological polar surface area (TPSA) is 80.3 Å². The number of aryl methyl sites for hydroxylation is 2. The van der Waals surface area contributed by atoms with Crippen molar-refractivity contribution in [3.05, 3.63) is 34.8 Å². The Bertz CT molecular complexity index is 727. The molecular formula is C15H15N3O3S. The Morgan fingerprint density at radius 2 is 2.32 bits per heavy atom. The summed E-state index contributed by atoms with van der Waals surface area (Å²) >= 11 is 1.41. The molecule has 1 aromatic heterocycles. The van der Waals surface area contributed by atoms with Crippen LogP contribution in [0.5, 0.6) is 5.75 Å². The number of para-hydroxylation sites is 1. The summed E-state index contributed by atoms with van der Waals surface area (Å²) in [5.41, 5.74) is 1.68. The van der Waals surface area contributed by atoms with E-state index in [0.717, 1.165) is 10.4 Å². The Morgan fingerprint density at radius 1 is 1.45 bits per heavy atom. The standard InChI is InChI=1S/C15H15N3O3S/c1-9-7-16-15(22-9)18-13(20)8-21-11-4-2-3-10-5-6-12(19)17-14(10)11/h2-4,7H,5-6,8H2,1H3,(H,17,19)(H,16,18,20). The molecule has 3 rings (SSSR count). The number of fused-ring (bicyclic) bond motifs is 1. The minimum absolute atomic E-state index is 0.0359. The minimum atomic E-state index is -0.283. The third-order valence-corrected chi connectivity index (χ3v) is 4.05. The molecule has 0 atom stereocenters. The molecule has 6 nitrogen and oxygen atoms in total. The molecule has 0 spiro atoms. The van der Waals surface area contributed by atoms with Gasteiger partial charge in [-0.2, -0.15) is 0 Å². The van der Waals surface area contributed by atoms with E-state index in [9.17, 15) is 9.59 Å². The number of ether oxygens (including phenoxy) is 1. The van der Waals surface area contributed by atoms with E-state index in [-0.39, 0.29) is 18.4 Å². The molecule has 0 unspecified atom stereocenters. The Hall–Kier alpha value is -2.41. The molecule has 0 saturated carbocycles. The minimum Gasteiger partial charge on any atom is -0.482 e. The van der Waals surface area contributed by atoms with E-state index in [2.05, 4.69) is 15.6 Å². The van der Waals surface area contributed by atoms with Gasteiger partial charge in [-0.1, -0.05) is 12.1 Å². The van der Waals surface area contributed by atoms with Gasteiger partial charge in [0.25, 0.3) is 5.91 Å². The quantitative estimate of drug-likeness (QED) is 0.907. The number of amides is 2. The van der Waals surface area contributed by atoms with E-state index in [1.165, 1.54) is 11.3 Å². The average Bonchev–Trinajstić information content (AvgIpc) is 2.90. The third kappa shape index (κ3) is 3.25. The molecule has 22 heavy (non-hydrogen) atoms. The first kappa shape index (κ1) is 14.5. The lowest BCUT2D eigenvalue weighted by atomic mass is 10.0. The maximum absolute atomic E-state index is 11.9. The van der Waals surface area contributed by atoms with E-state index in [1.807, 2.05) is 19.1 Å². The van der Waals surface area contributed by atoms with Crippen LogP contribution in [0.15, 0.2) is 24.4 Å². The summed E-state index contributed by atoms with van der Waals surface area (Å²) in [6.45, 7) is 1.79. The number of hydrogen-bond donors (Lipinski definition) is 2. The molecule has 1 aliphatic heterocycles. The fourth-order valence-corrected chi connectivity index (χ4v) is 2.89. The monoisotopic (exact) mass is 317 g/mol. The number of hydrogen-bond acceptors (Lipinski definition) is 5. The zero-order valence-electron chi connectivity index (χ0n) is 12.0. The molecule has 0 aliphatic carbocycles. The molecule has 7 heteroatoms. The first-order valence-electron chi connectivity index (χ1n) is 6.88. The molecule has 2 aromatic rings. The summed E-state index contributed by atoms with van der Waals surface area (Å²) in [4.78, 5) is 28.5.